The molecule has 1 aliphatic carbocycles. The normalized spacial score (nSPS) is 29.5. The lowest BCUT2D eigenvalue weighted by molar-refractivity contribution is 0.0766. The highest BCUT2D eigenvalue weighted by Crippen LogP contribution is 2.36. The Balaban J connectivity index is 2.16. The average molecular weight is 170 g/mol. The van der Waals surface area contributed by atoms with Crippen LogP contribution in [0.1, 0.15) is 26.7 Å². The molecule has 0 spiro atoms. The molecule has 0 aromatic rings. The summed E-state index contributed by atoms with van der Waals surface area (Å²) >= 11 is 0. The molecule has 2 N–H and O–H groups in total. The van der Waals surface area contributed by atoms with E-state index in [0.717, 1.165) is 31.0 Å². The van der Waals surface area contributed by atoms with Crippen LogP contribution in [0.2, 0.25) is 0 Å². The van der Waals surface area contributed by atoms with E-state index < -0.39 is 0 Å². The van der Waals surface area contributed by atoms with Gasteiger partial charge in [-0.25, -0.2) is 0 Å². The third-order valence-corrected chi connectivity index (χ3v) is 3.20. The summed E-state index contributed by atoms with van der Waals surface area (Å²) in [5.41, 5.74) is 5.50. The fourth-order valence-electron chi connectivity index (χ4n) is 1.92. The minimum absolute atomic E-state index is 0.791. The minimum Gasteiger partial charge on any atom is -0.329 e. The van der Waals surface area contributed by atoms with Crippen molar-refractivity contribution in [2.24, 2.45) is 17.6 Å². The number of likely N-dealkylation sites (N-methyl/N-ethyl adjacent to an activating group) is 1. The molecule has 0 heterocycles. The van der Waals surface area contributed by atoms with Crippen LogP contribution < -0.4 is 5.73 Å². The molecule has 0 amide bonds. The summed E-state index contributed by atoms with van der Waals surface area (Å²) in [5.74, 6) is 1.84. The second-order valence-corrected chi connectivity index (χ2v) is 4.40. The van der Waals surface area contributed by atoms with E-state index in [4.69, 9.17) is 5.73 Å². The quantitative estimate of drug-likeness (QED) is 0.689. The van der Waals surface area contributed by atoms with E-state index in [9.17, 15) is 0 Å². The molecule has 2 nitrogen and oxygen atoms in total. The van der Waals surface area contributed by atoms with Crippen molar-refractivity contribution in [2.45, 2.75) is 32.7 Å². The Bertz CT molecular complexity index is 128. The Morgan fingerprint density at radius 3 is 2.42 bits per heavy atom. The molecule has 1 rings (SSSR count). The van der Waals surface area contributed by atoms with Crippen LogP contribution in [0.5, 0.6) is 0 Å². The van der Waals surface area contributed by atoms with Crippen molar-refractivity contribution in [2.75, 3.05) is 20.1 Å². The lowest BCUT2D eigenvalue weighted by Crippen LogP contribution is -2.45. The van der Waals surface area contributed by atoms with Gasteiger partial charge in [0.2, 0.25) is 0 Å². The summed E-state index contributed by atoms with van der Waals surface area (Å²) in [5, 5.41) is 0. The second kappa shape index (κ2) is 4.24. The van der Waals surface area contributed by atoms with Crippen LogP contribution in [0.15, 0.2) is 0 Å². The van der Waals surface area contributed by atoms with Gasteiger partial charge in [0, 0.05) is 19.1 Å². The molecule has 72 valence electrons. The highest BCUT2D eigenvalue weighted by molar-refractivity contribution is 4.87. The van der Waals surface area contributed by atoms with E-state index in [-0.39, 0.29) is 0 Å². The average Bonchev–Trinajstić information content (AvgIpc) is 1.82. The van der Waals surface area contributed by atoms with Gasteiger partial charge in [-0.05, 0) is 31.7 Å². The molecule has 0 unspecified atom stereocenters. The molecule has 2 heteroatoms. The molecule has 1 saturated carbocycles. The van der Waals surface area contributed by atoms with Crippen molar-refractivity contribution in [1.82, 2.24) is 4.90 Å². The fraction of sp³-hybridized carbons (Fsp3) is 1.00. The van der Waals surface area contributed by atoms with Crippen LogP contribution >= 0.6 is 0 Å². The van der Waals surface area contributed by atoms with Crippen molar-refractivity contribution in [3.63, 3.8) is 0 Å². The number of nitrogens with zero attached hydrogens (tertiary/aromatic N) is 1. The molecule has 0 radical (unpaired) electrons. The topological polar surface area (TPSA) is 29.3 Å². The predicted octanol–water partition coefficient (Wildman–Crippen LogP) is 1.31. The summed E-state index contributed by atoms with van der Waals surface area (Å²) < 4.78 is 0. The van der Waals surface area contributed by atoms with Crippen molar-refractivity contribution < 1.29 is 0 Å². The van der Waals surface area contributed by atoms with Gasteiger partial charge in [0.05, 0.1) is 0 Å². The molecule has 0 saturated heterocycles. The van der Waals surface area contributed by atoms with E-state index in [1.165, 1.54) is 12.8 Å². The first-order valence-corrected chi connectivity index (χ1v) is 5.05. The van der Waals surface area contributed by atoms with E-state index in [1.54, 1.807) is 0 Å². The number of rotatable bonds is 4. The molecule has 1 fully saturated rings. The highest BCUT2D eigenvalue weighted by Gasteiger charge is 2.33. The standard InChI is InChI=1S/C10H22N2/c1-8(2)9-6-10(7-9)12(3)5-4-11/h8-10H,4-7,11H2,1-3H3. The number of hydrogen-bond donors (Lipinski definition) is 1. The summed E-state index contributed by atoms with van der Waals surface area (Å²) in [4.78, 5) is 2.40. The van der Waals surface area contributed by atoms with Gasteiger partial charge >= 0.3 is 0 Å². The van der Waals surface area contributed by atoms with Gasteiger partial charge in [-0.15, -0.1) is 0 Å². The van der Waals surface area contributed by atoms with Crippen LogP contribution in [0.4, 0.5) is 0 Å². The zero-order valence-electron chi connectivity index (χ0n) is 8.59. The zero-order valence-corrected chi connectivity index (χ0v) is 8.59. The maximum Gasteiger partial charge on any atom is 0.0104 e. The van der Waals surface area contributed by atoms with Gasteiger partial charge in [-0.1, -0.05) is 13.8 Å². The van der Waals surface area contributed by atoms with Gasteiger partial charge in [0.15, 0.2) is 0 Å². The van der Waals surface area contributed by atoms with Crippen LogP contribution in [-0.2, 0) is 0 Å². The first kappa shape index (κ1) is 10.0. The molecular weight excluding hydrogens is 148 g/mol. The van der Waals surface area contributed by atoms with Crippen molar-refractivity contribution >= 4 is 0 Å². The first-order valence-electron chi connectivity index (χ1n) is 5.05. The first-order chi connectivity index (χ1) is 5.65. The Morgan fingerprint density at radius 1 is 1.42 bits per heavy atom. The molecule has 0 aliphatic heterocycles. The van der Waals surface area contributed by atoms with E-state index in [2.05, 4.69) is 25.8 Å². The zero-order chi connectivity index (χ0) is 9.14. The maximum absolute atomic E-state index is 5.50. The summed E-state index contributed by atoms with van der Waals surface area (Å²) in [6, 6.07) is 0.820. The van der Waals surface area contributed by atoms with Crippen LogP contribution in [0.3, 0.4) is 0 Å². The van der Waals surface area contributed by atoms with Gasteiger partial charge in [-0.2, -0.15) is 0 Å². The SMILES string of the molecule is CC(C)C1CC(N(C)CCN)C1. The van der Waals surface area contributed by atoms with E-state index in [0.29, 0.717) is 0 Å². The monoisotopic (exact) mass is 170 g/mol. The van der Waals surface area contributed by atoms with Crippen LogP contribution in [0.25, 0.3) is 0 Å². The Kier molecular flexibility index (Phi) is 3.53. The third kappa shape index (κ3) is 2.20. The van der Waals surface area contributed by atoms with Crippen molar-refractivity contribution in [3.8, 4) is 0 Å². The molecule has 1 aliphatic rings. The second-order valence-electron chi connectivity index (χ2n) is 4.40. The molecule has 0 atom stereocenters. The Labute approximate surface area is 76.1 Å². The Morgan fingerprint density at radius 2 is 2.00 bits per heavy atom. The lowest BCUT2D eigenvalue weighted by atomic mass is 9.73. The summed E-state index contributed by atoms with van der Waals surface area (Å²) in [6.45, 7) is 6.49. The Hall–Kier alpha value is -0.0800. The lowest BCUT2D eigenvalue weighted by Gasteiger charge is -2.43. The number of nitrogens with two attached hydrogens (primary N) is 1. The third-order valence-electron chi connectivity index (χ3n) is 3.20. The summed E-state index contributed by atoms with van der Waals surface area (Å²) in [7, 11) is 2.19. The van der Waals surface area contributed by atoms with E-state index in [1.807, 2.05) is 0 Å². The number of hydrogen-bond acceptors (Lipinski definition) is 2. The van der Waals surface area contributed by atoms with Crippen LogP contribution in [0, 0.1) is 11.8 Å². The van der Waals surface area contributed by atoms with Crippen molar-refractivity contribution in [1.29, 1.82) is 0 Å². The van der Waals surface area contributed by atoms with E-state index >= 15 is 0 Å². The summed E-state index contributed by atoms with van der Waals surface area (Å²) in [6.07, 6.45) is 2.77. The predicted molar refractivity (Wildman–Crippen MR) is 53.0 cm³/mol. The fourth-order valence-corrected chi connectivity index (χ4v) is 1.92. The van der Waals surface area contributed by atoms with Gasteiger partial charge < -0.3 is 10.6 Å². The van der Waals surface area contributed by atoms with Crippen LogP contribution in [-0.4, -0.2) is 31.1 Å². The molecule has 0 bridgehead atoms. The minimum atomic E-state index is 0.791. The van der Waals surface area contributed by atoms with Gasteiger partial charge in [-0.3, -0.25) is 0 Å². The highest BCUT2D eigenvalue weighted by atomic mass is 15.1. The molecule has 0 aromatic heterocycles. The van der Waals surface area contributed by atoms with Gasteiger partial charge in [0.25, 0.3) is 0 Å². The smallest absolute Gasteiger partial charge is 0.0104 e. The molecule has 12 heavy (non-hydrogen) atoms. The van der Waals surface area contributed by atoms with Crippen molar-refractivity contribution in [3.05, 3.63) is 0 Å². The maximum atomic E-state index is 5.50. The molecule has 0 aromatic carbocycles. The molecular formula is C10H22N2. The largest absolute Gasteiger partial charge is 0.329 e. The van der Waals surface area contributed by atoms with Gasteiger partial charge in [0.1, 0.15) is 0 Å².